The summed E-state index contributed by atoms with van der Waals surface area (Å²) in [5.74, 6) is 0. The lowest BCUT2D eigenvalue weighted by molar-refractivity contribution is -0.00954. The van der Waals surface area contributed by atoms with Gasteiger partial charge in [0.05, 0.1) is 25.4 Å². The minimum absolute atomic E-state index is 0.312. The first kappa shape index (κ1) is 18.9. The molecule has 0 saturated heterocycles. The number of rotatable bonds is 14. The molecule has 0 spiro atoms. The van der Waals surface area contributed by atoms with Crippen LogP contribution in [0.2, 0.25) is 0 Å². The van der Waals surface area contributed by atoms with Crippen molar-refractivity contribution in [3.05, 3.63) is 0 Å². The first-order valence-electron chi connectivity index (χ1n) is 8.40. The van der Waals surface area contributed by atoms with Crippen molar-refractivity contribution >= 4 is 0 Å². The van der Waals surface area contributed by atoms with Crippen LogP contribution in [0.4, 0.5) is 0 Å². The summed E-state index contributed by atoms with van der Waals surface area (Å²) in [5.41, 5.74) is 0. The van der Waals surface area contributed by atoms with Crippen LogP contribution < -0.4 is 0 Å². The van der Waals surface area contributed by atoms with Gasteiger partial charge >= 0.3 is 0 Å². The van der Waals surface area contributed by atoms with Crippen molar-refractivity contribution in [3.63, 3.8) is 0 Å². The molecule has 1 atom stereocenters. The second kappa shape index (κ2) is 14.3. The van der Waals surface area contributed by atoms with Gasteiger partial charge in [-0.25, -0.2) is 0 Å². The highest BCUT2D eigenvalue weighted by Crippen LogP contribution is 2.11. The van der Waals surface area contributed by atoms with Crippen molar-refractivity contribution in [2.45, 2.75) is 97.7 Å². The van der Waals surface area contributed by atoms with Crippen LogP contribution in [0.5, 0.6) is 0 Å². The third-order valence-corrected chi connectivity index (χ3v) is 3.40. The van der Waals surface area contributed by atoms with E-state index in [1.807, 2.05) is 0 Å². The minimum atomic E-state index is 0.312. The fraction of sp³-hybridized carbons (Fsp3) is 1.00. The zero-order valence-corrected chi connectivity index (χ0v) is 13.7. The highest BCUT2D eigenvalue weighted by Gasteiger charge is 2.02. The number of ether oxygens (including phenoxy) is 2. The molecule has 0 rings (SSSR count). The SMILES string of the molecule is CCCCCCCCCCC(C)OCCOC(C)C. The molecule has 0 bridgehead atoms. The highest BCUT2D eigenvalue weighted by molar-refractivity contribution is 4.53. The summed E-state index contributed by atoms with van der Waals surface area (Å²) in [6.45, 7) is 10.0. The van der Waals surface area contributed by atoms with E-state index in [0.29, 0.717) is 12.2 Å². The molecule has 0 aliphatic heterocycles. The summed E-state index contributed by atoms with van der Waals surface area (Å²) in [4.78, 5) is 0. The van der Waals surface area contributed by atoms with E-state index < -0.39 is 0 Å². The number of hydrogen-bond donors (Lipinski definition) is 0. The minimum Gasteiger partial charge on any atom is -0.376 e. The zero-order chi connectivity index (χ0) is 14.3. The first-order valence-corrected chi connectivity index (χ1v) is 8.40. The van der Waals surface area contributed by atoms with Crippen molar-refractivity contribution in [2.24, 2.45) is 0 Å². The Morgan fingerprint density at radius 3 is 1.79 bits per heavy atom. The molecule has 19 heavy (non-hydrogen) atoms. The van der Waals surface area contributed by atoms with Gasteiger partial charge in [-0.05, 0) is 27.2 Å². The van der Waals surface area contributed by atoms with Crippen LogP contribution >= 0.6 is 0 Å². The van der Waals surface area contributed by atoms with Crippen molar-refractivity contribution < 1.29 is 9.47 Å². The molecule has 0 aromatic heterocycles. The fourth-order valence-corrected chi connectivity index (χ4v) is 2.18. The predicted octanol–water partition coefficient (Wildman–Crippen LogP) is 5.35. The maximum atomic E-state index is 5.73. The average molecular weight is 272 g/mol. The second-order valence-corrected chi connectivity index (χ2v) is 5.86. The standard InChI is InChI=1S/C17H36O2/c1-5-6-7-8-9-10-11-12-13-17(4)19-15-14-18-16(2)3/h16-17H,5-15H2,1-4H3. The maximum Gasteiger partial charge on any atom is 0.0704 e. The highest BCUT2D eigenvalue weighted by atomic mass is 16.5. The zero-order valence-electron chi connectivity index (χ0n) is 13.7. The normalized spacial score (nSPS) is 13.1. The van der Waals surface area contributed by atoms with Crippen molar-refractivity contribution in [2.75, 3.05) is 13.2 Å². The Morgan fingerprint density at radius 1 is 0.684 bits per heavy atom. The maximum absolute atomic E-state index is 5.73. The molecule has 0 aliphatic rings. The molecule has 2 heteroatoms. The first-order chi connectivity index (χ1) is 9.16. The molecule has 2 nitrogen and oxygen atoms in total. The molecule has 0 aromatic rings. The van der Waals surface area contributed by atoms with E-state index >= 15 is 0 Å². The van der Waals surface area contributed by atoms with Gasteiger partial charge in [0, 0.05) is 0 Å². The molecule has 0 aliphatic carbocycles. The Balaban J connectivity index is 3.13. The van der Waals surface area contributed by atoms with Gasteiger partial charge in [0.1, 0.15) is 0 Å². The second-order valence-electron chi connectivity index (χ2n) is 5.86. The summed E-state index contributed by atoms with van der Waals surface area (Å²) in [5, 5.41) is 0. The molecule has 0 N–H and O–H groups in total. The van der Waals surface area contributed by atoms with E-state index in [4.69, 9.17) is 9.47 Å². The quantitative estimate of drug-likeness (QED) is 0.397. The van der Waals surface area contributed by atoms with Crippen LogP contribution in [0.25, 0.3) is 0 Å². The largest absolute Gasteiger partial charge is 0.376 e. The van der Waals surface area contributed by atoms with E-state index in [1.165, 1.54) is 57.8 Å². The summed E-state index contributed by atoms with van der Waals surface area (Å²) in [7, 11) is 0. The lowest BCUT2D eigenvalue weighted by Gasteiger charge is -2.14. The van der Waals surface area contributed by atoms with Crippen molar-refractivity contribution in [1.29, 1.82) is 0 Å². The molecular formula is C17H36O2. The number of unbranched alkanes of at least 4 members (excludes halogenated alkanes) is 7. The Labute approximate surface area is 121 Å². The van der Waals surface area contributed by atoms with Gasteiger partial charge in [-0.15, -0.1) is 0 Å². The van der Waals surface area contributed by atoms with Gasteiger partial charge in [0.15, 0.2) is 0 Å². The van der Waals surface area contributed by atoms with E-state index in [0.717, 1.165) is 13.2 Å². The van der Waals surface area contributed by atoms with E-state index in [1.54, 1.807) is 0 Å². The molecule has 0 saturated carbocycles. The van der Waals surface area contributed by atoms with E-state index in [-0.39, 0.29) is 0 Å². The van der Waals surface area contributed by atoms with Crippen molar-refractivity contribution in [3.8, 4) is 0 Å². The van der Waals surface area contributed by atoms with Gasteiger partial charge in [-0.3, -0.25) is 0 Å². The monoisotopic (exact) mass is 272 g/mol. The van der Waals surface area contributed by atoms with Gasteiger partial charge in [0.2, 0.25) is 0 Å². The summed E-state index contributed by atoms with van der Waals surface area (Å²) >= 11 is 0. The van der Waals surface area contributed by atoms with Gasteiger partial charge in [-0.2, -0.15) is 0 Å². The third-order valence-electron chi connectivity index (χ3n) is 3.40. The van der Waals surface area contributed by atoms with Crippen LogP contribution in [0.15, 0.2) is 0 Å². The van der Waals surface area contributed by atoms with E-state index in [9.17, 15) is 0 Å². The van der Waals surface area contributed by atoms with Gasteiger partial charge < -0.3 is 9.47 Å². The molecule has 0 radical (unpaired) electrons. The van der Waals surface area contributed by atoms with Gasteiger partial charge in [-0.1, -0.05) is 58.3 Å². The summed E-state index contributed by atoms with van der Waals surface area (Å²) in [6, 6.07) is 0. The van der Waals surface area contributed by atoms with Crippen molar-refractivity contribution in [1.82, 2.24) is 0 Å². The molecule has 116 valence electrons. The van der Waals surface area contributed by atoms with E-state index in [2.05, 4.69) is 27.7 Å². The summed E-state index contributed by atoms with van der Waals surface area (Å²) in [6.07, 6.45) is 13.0. The topological polar surface area (TPSA) is 18.5 Å². The molecule has 0 amide bonds. The van der Waals surface area contributed by atoms with Crippen LogP contribution in [0.1, 0.15) is 85.5 Å². The molecular weight excluding hydrogens is 236 g/mol. The predicted molar refractivity (Wildman–Crippen MR) is 83.7 cm³/mol. The van der Waals surface area contributed by atoms with Crippen LogP contribution in [-0.2, 0) is 9.47 Å². The summed E-state index contributed by atoms with van der Waals surface area (Å²) < 4.78 is 11.2. The Hall–Kier alpha value is -0.0800. The van der Waals surface area contributed by atoms with Crippen LogP contribution in [-0.4, -0.2) is 25.4 Å². The smallest absolute Gasteiger partial charge is 0.0704 e. The van der Waals surface area contributed by atoms with Crippen LogP contribution in [0, 0.1) is 0 Å². The molecule has 0 heterocycles. The lowest BCUT2D eigenvalue weighted by Crippen LogP contribution is -2.15. The molecule has 0 fully saturated rings. The average Bonchev–Trinajstić information content (AvgIpc) is 2.37. The molecule has 0 aromatic carbocycles. The lowest BCUT2D eigenvalue weighted by atomic mass is 10.1. The van der Waals surface area contributed by atoms with Gasteiger partial charge in [0.25, 0.3) is 0 Å². The fourth-order valence-electron chi connectivity index (χ4n) is 2.18. The Kier molecular flexibility index (Phi) is 14.3. The number of hydrogen-bond acceptors (Lipinski definition) is 2. The Morgan fingerprint density at radius 2 is 1.21 bits per heavy atom. The molecule has 1 unspecified atom stereocenters. The Bertz CT molecular complexity index is 169. The van der Waals surface area contributed by atoms with Crippen LogP contribution in [0.3, 0.4) is 0 Å². The third kappa shape index (κ3) is 15.9.